The lowest BCUT2D eigenvalue weighted by Crippen LogP contribution is -3.00. The number of nitrogens with one attached hydrogen (secondary N) is 1. The summed E-state index contributed by atoms with van der Waals surface area (Å²) in [6.07, 6.45) is 0. The summed E-state index contributed by atoms with van der Waals surface area (Å²) in [4.78, 5) is 0. The summed E-state index contributed by atoms with van der Waals surface area (Å²) in [5, 5.41) is 6.50. The SMILES string of the molecule is CNc1scc(-c2ccccc2)[n+]1C.[Br-]. The molecule has 2 aromatic rings. The van der Waals surface area contributed by atoms with Gasteiger partial charge in [0.05, 0.1) is 14.1 Å². The Balaban J connectivity index is 0.00000112. The van der Waals surface area contributed by atoms with Crippen LogP contribution in [0.1, 0.15) is 0 Å². The van der Waals surface area contributed by atoms with E-state index in [1.54, 1.807) is 11.3 Å². The zero-order valence-corrected chi connectivity index (χ0v) is 11.1. The van der Waals surface area contributed by atoms with Crippen molar-refractivity contribution in [1.29, 1.82) is 0 Å². The van der Waals surface area contributed by atoms with Gasteiger partial charge in [0, 0.05) is 10.9 Å². The van der Waals surface area contributed by atoms with Crippen molar-refractivity contribution in [2.75, 3.05) is 12.4 Å². The Kier molecular flexibility index (Phi) is 4.29. The molecule has 0 bridgehead atoms. The molecule has 1 aromatic heterocycles. The molecule has 0 aliphatic heterocycles. The number of hydrogen-bond donors (Lipinski definition) is 1. The number of halogens is 1. The van der Waals surface area contributed by atoms with Crippen LogP contribution in [0.5, 0.6) is 0 Å². The number of thiazole rings is 1. The van der Waals surface area contributed by atoms with Crippen LogP contribution in [0, 0.1) is 0 Å². The predicted octanol–water partition coefficient (Wildman–Crippen LogP) is -0.715. The zero-order chi connectivity index (χ0) is 9.97. The number of benzene rings is 1. The van der Waals surface area contributed by atoms with Crippen molar-refractivity contribution in [2.24, 2.45) is 7.05 Å². The van der Waals surface area contributed by atoms with Crippen LogP contribution in [0.2, 0.25) is 0 Å². The van der Waals surface area contributed by atoms with E-state index in [1.807, 2.05) is 13.1 Å². The highest BCUT2D eigenvalue weighted by Gasteiger charge is 2.12. The van der Waals surface area contributed by atoms with Crippen LogP contribution < -0.4 is 26.9 Å². The highest BCUT2D eigenvalue weighted by Crippen LogP contribution is 2.21. The van der Waals surface area contributed by atoms with E-state index in [4.69, 9.17) is 0 Å². The molecule has 0 spiro atoms. The third kappa shape index (κ3) is 2.38. The van der Waals surface area contributed by atoms with Crippen molar-refractivity contribution >= 4 is 16.5 Å². The Hall–Kier alpha value is -0.870. The molecule has 2 rings (SSSR count). The molecule has 0 unspecified atom stereocenters. The molecular formula is C11H13BrN2S. The normalized spacial score (nSPS) is 9.47. The van der Waals surface area contributed by atoms with E-state index in [2.05, 4.69) is 46.6 Å². The minimum Gasteiger partial charge on any atom is -1.00 e. The standard InChI is InChI=1S/C11H12N2S.BrH/c1-12-11-13(2)10(8-14-11)9-6-4-3-5-7-9;/h3-8H,1-2H3;1H. The van der Waals surface area contributed by atoms with Gasteiger partial charge in [-0.3, -0.25) is 5.32 Å². The number of hydrogen-bond acceptors (Lipinski definition) is 2. The number of rotatable bonds is 2. The Morgan fingerprint density at radius 3 is 2.40 bits per heavy atom. The van der Waals surface area contributed by atoms with Crippen molar-refractivity contribution in [3.8, 4) is 11.3 Å². The van der Waals surface area contributed by atoms with Crippen molar-refractivity contribution in [3.05, 3.63) is 35.7 Å². The fraction of sp³-hybridized carbons (Fsp3) is 0.182. The van der Waals surface area contributed by atoms with Gasteiger partial charge in [0.2, 0.25) is 0 Å². The van der Waals surface area contributed by atoms with Gasteiger partial charge in [-0.2, -0.15) is 0 Å². The van der Waals surface area contributed by atoms with E-state index >= 15 is 0 Å². The maximum atomic E-state index is 3.17. The molecule has 1 heterocycles. The molecule has 0 aliphatic carbocycles. The average molecular weight is 285 g/mol. The molecule has 1 aromatic carbocycles. The predicted molar refractivity (Wildman–Crippen MR) is 60.5 cm³/mol. The van der Waals surface area contributed by atoms with Gasteiger partial charge in [0.25, 0.3) is 0 Å². The minimum atomic E-state index is 0. The number of anilines is 1. The van der Waals surface area contributed by atoms with Gasteiger partial charge in [-0.15, -0.1) is 0 Å². The molecule has 0 atom stereocenters. The van der Waals surface area contributed by atoms with Crippen molar-refractivity contribution in [2.45, 2.75) is 0 Å². The molecule has 4 heteroatoms. The topological polar surface area (TPSA) is 15.9 Å². The second-order valence-corrected chi connectivity index (χ2v) is 3.96. The first kappa shape index (κ1) is 12.2. The molecule has 0 radical (unpaired) electrons. The first-order chi connectivity index (χ1) is 6.83. The molecule has 0 saturated heterocycles. The van der Waals surface area contributed by atoms with Crippen LogP contribution in [0.4, 0.5) is 5.13 Å². The highest BCUT2D eigenvalue weighted by atomic mass is 79.9. The number of nitrogens with zero attached hydrogens (tertiary/aromatic N) is 1. The monoisotopic (exact) mass is 284 g/mol. The van der Waals surface area contributed by atoms with Crippen LogP contribution >= 0.6 is 11.3 Å². The molecular weight excluding hydrogens is 272 g/mol. The van der Waals surface area contributed by atoms with E-state index in [0.29, 0.717) is 0 Å². The van der Waals surface area contributed by atoms with Crippen LogP contribution in [-0.2, 0) is 7.05 Å². The first-order valence-corrected chi connectivity index (χ1v) is 5.41. The largest absolute Gasteiger partial charge is 1.00 e. The Bertz CT molecular complexity index is 425. The summed E-state index contributed by atoms with van der Waals surface area (Å²) in [6.45, 7) is 0. The maximum absolute atomic E-state index is 3.17. The summed E-state index contributed by atoms with van der Waals surface area (Å²) in [5.74, 6) is 0. The maximum Gasteiger partial charge on any atom is 0.333 e. The molecule has 15 heavy (non-hydrogen) atoms. The van der Waals surface area contributed by atoms with E-state index in [9.17, 15) is 0 Å². The summed E-state index contributed by atoms with van der Waals surface area (Å²) >= 11 is 1.72. The average Bonchev–Trinajstić information content (AvgIpc) is 2.61. The molecule has 0 fully saturated rings. The Morgan fingerprint density at radius 2 is 1.87 bits per heavy atom. The van der Waals surface area contributed by atoms with Gasteiger partial charge in [-0.05, 0) is 0 Å². The fourth-order valence-corrected chi connectivity index (χ4v) is 2.37. The van der Waals surface area contributed by atoms with E-state index in [1.165, 1.54) is 16.4 Å². The first-order valence-electron chi connectivity index (χ1n) is 4.53. The second kappa shape index (κ2) is 5.28. The Morgan fingerprint density at radius 1 is 1.20 bits per heavy atom. The summed E-state index contributed by atoms with van der Waals surface area (Å²) < 4.78 is 2.17. The summed E-state index contributed by atoms with van der Waals surface area (Å²) in [5.41, 5.74) is 2.51. The van der Waals surface area contributed by atoms with Crippen LogP contribution in [0.25, 0.3) is 11.3 Å². The van der Waals surface area contributed by atoms with Gasteiger partial charge in [0.15, 0.2) is 0 Å². The molecule has 1 N–H and O–H groups in total. The van der Waals surface area contributed by atoms with Gasteiger partial charge < -0.3 is 17.0 Å². The summed E-state index contributed by atoms with van der Waals surface area (Å²) in [6, 6.07) is 10.4. The highest BCUT2D eigenvalue weighted by molar-refractivity contribution is 7.13. The molecule has 0 aliphatic rings. The second-order valence-electron chi connectivity index (χ2n) is 3.10. The summed E-state index contributed by atoms with van der Waals surface area (Å²) in [7, 11) is 4.02. The lowest BCUT2D eigenvalue weighted by atomic mass is 10.2. The van der Waals surface area contributed by atoms with E-state index < -0.39 is 0 Å². The van der Waals surface area contributed by atoms with Crippen LogP contribution in [0.15, 0.2) is 35.7 Å². The lowest BCUT2D eigenvalue weighted by molar-refractivity contribution is -0.641. The molecule has 0 saturated carbocycles. The minimum absolute atomic E-state index is 0. The van der Waals surface area contributed by atoms with Crippen molar-refractivity contribution in [3.63, 3.8) is 0 Å². The van der Waals surface area contributed by atoms with E-state index in [-0.39, 0.29) is 17.0 Å². The Labute approximate surface area is 104 Å². The van der Waals surface area contributed by atoms with Crippen molar-refractivity contribution in [1.82, 2.24) is 0 Å². The quantitative estimate of drug-likeness (QED) is 0.721. The van der Waals surface area contributed by atoms with E-state index in [0.717, 1.165) is 0 Å². The smallest absolute Gasteiger partial charge is 0.333 e. The van der Waals surface area contributed by atoms with Crippen LogP contribution in [0.3, 0.4) is 0 Å². The fourth-order valence-electron chi connectivity index (χ4n) is 1.48. The number of aromatic nitrogens is 1. The zero-order valence-electron chi connectivity index (χ0n) is 8.70. The van der Waals surface area contributed by atoms with Crippen LogP contribution in [-0.4, -0.2) is 7.05 Å². The lowest BCUT2D eigenvalue weighted by Gasteiger charge is -1.98. The molecule has 80 valence electrons. The third-order valence-corrected chi connectivity index (χ3v) is 3.27. The van der Waals surface area contributed by atoms with Gasteiger partial charge in [-0.1, -0.05) is 41.7 Å². The van der Waals surface area contributed by atoms with Gasteiger partial charge in [-0.25, -0.2) is 4.57 Å². The molecule has 0 amide bonds. The van der Waals surface area contributed by atoms with Crippen molar-refractivity contribution < 1.29 is 21.5 Å². The molecule has 2 nitrogen and oxygen atoms in total. The van der Waals surface area contributed by atoms with Gasteiger partial charge in [0.1, 0.15) is 5.69 Å². The van der Waals surface area contributed by atoms with Gasteiger partial charge >= 0.3 is 5.13 Å². The third-order valence-electron chi connectivity index (χ3n) is 2.23.